The van der Waals surface area contributed by atoms with Gasteiger partial charge in [0.05, 0.1) is 24.2 Å². The fraction of sp³-hybridized carbons (Fsp3) is 0.176. The van der Waals surface area contributed by atoms with Gasteiger partial charge in [0.1, 0.15) is 5.75 Å². The van der Waals surface area contributed by atoms with Crippen LogP contribution in [0.15, 0.2) is 47.4 Å². The van der Waals surface area contributed by atoms with E-state index in [0.717, 1.165) is 11.0 Å². The minimum absolute atomic E-state index is 0.0946. The number of anilines is 1. The number of halogens is 1. The number of hydrogen-bond acceptors (Lipinski definition) is 5. The van der Waals surface area contributed by atoms with Gasteiger partial charge in [0, 0.05) is 17.6 Å². The largest absolute Gasteiger partial charge is 0.495 e. The number of carbonyl (C=O) groups is 2. The Bertz CT molecular complexity index is 978. The summed E-state index contributed by atoms with van der Waals surface area (Å²) in [7, 11) is -1.07. The highest BCUT2D eigenvalue weighted by atomic mass is 35.5. The monoisotopic (exact) mass is 411 g/mol. The van der Waals surface area contributed by atoms with Crippen LogP contribution in [0.25, 0.3) is 0 Å². The first-order valence-electron chi connectivity index (χ1n) is 7.63. The second-order valence-corrected chi connectivity index (χ2v) is 7.62. The Balaban J connectivity index is 2.11. The third kappa shape index (κ3) is 5.43. The van der Waals surface area contributed by atoms with E-state index in [4.69, 9.17) is 21.5 Å². The van der Waals surface area contributed by atoms with Crippen LogP contribution in [0.4, 0.5) is 5.69 Å². The van der Waals surface area contributed by atoms with Crippen molar-refractivity contribution in [2.45, 2.75) is 4.90 Å². The van der Waals surface area contributed by atoms with E-state index in [1.807, 2.05) is 0 Å². The van der Waals surface area contributed by atoms with Crippen molar-refractivity contribution in [1.82, 2.24) is 4.90 Å². The average molecular weight is 412 g/mol. The molecule has 0 spiro atoms. The van der Waals surface area contributed by atoms with Crippen LogP contribution in [0.2, 0.25) is 5.02 Å². The second-order valence-electron chi connectivity index (χ2n) is 5.63. The lowest BCUT2D eigenvalue weighted by Gasteiger charge is -2.18. The Hall–Kier alpha value is -2.62. The molecule has 2 aromatic carbocycles. The summed E-state index contributed by atoms with van der Waals surface area (Å²) in [6.45, 7) is -0.270. The number of likely N-dealkylation sites (N-methyl/N-ethyl adjacent to an activating group) is 1. The number of ether oxygens (including phenoxy) is 1. The van der Waals surface area contributed by atoms with E-state index in [1.165, 1.54) is 38.4 Å². The molecular formula is C17H18ClN3O5S. The molecule has 0 bridgehead atoms. The molecule has 0 aliphatic carbocycles. The lowest BCUT2D eigenvalue weighted by atomic mass is 10.2. The lowest BCUT2D eigenvalue weighted by molar-refractivity contribution is -0.116. The highest BCUT2D eigenvalue weighted by molar-refractivity contribution is 7.89. The van der Waals surface area contributed by atoms with E-state index in [2.05, 4.69) is 5.32 Å². The number of primary sulfonamides is 1. The summed E-state index contributed by atoms with van der Waals surface area (Å²) < 4.78 is 28.0. The van der Waals surface area contributed by atoms with Gasteiger partial charge in [-0.25, -0.2) is 13.6 Å². The number of sulfonamides is 1. The number of rotatable bonds is 6. The van der Waals surface area contributed by atoms with Crippen LogP contribution in [0.5, 0.6) is 5.75 Å². The van der Waals surface area contributed by atoms with E-state index < -0.39 is 21.8 Å². The number of benzene rings is 2. The van der Waals surface area contributed by atoms with E-state index in [1.54, 1.807) is 12.1 Å². The van der Waals surface area contributed by atoms with Crippen LogP contribution in [0.1, 0.15) is 10.4 Å². The Kier molecular flexibility index (Phi) is 6.42. The minimum Gasteiger partial charge on any atom is -0.495 e. The van der Waals surface area contributed by atoms with Crippen molar-refractivity contribution in [3.8, 4) is 5.75 Å². The van der Waals surface area contributed by atoms with Crippen LogP contribution >= 0.6 is 11.6 Å². The zero-order valence-corrected chi connectivity index (χ0v) is 16.2. The predicted octanol–water partition coefficient (Wildman–Crippen LogP) is 1.71. The van der Waals surface area contributed by atoms with Gasteiger partial charge in [-0.3, -0.25) is 9.59 Å². The smallest absolute Gasteiger partial charge is 0.254 e. The van der Waals surface area contributed by atoms with Gasteiger partial charge in [-0.15, -0.1) is 0 Å². The zero-order valence-electron chi connectivity index (χ0n) is 14.6. The molecule has 10 heteroatoms. The van der Waals surface area contributed by atoms with Gasteiger partial charge < -0.3 is 15.0 Å². The summed E-state index contributed by atoms with van der Waals surface area (Å²) in [5.74, 6) is -0.592. The quantitative estimate of drug-likeness (QED) is 0.749. The molecule has 2 rings (SSSR count). The first-order chi connectivity index (χ1) is 12.6. The molecule has 0 saturated carbocycles. The molecule has 0 aliphatic rings. The molecule has 0 fully saturated rings. The van der Waals surface area contributed by atoms with Crippen LogP contribution in [0, 0.1) is 0 Å². The number of methoxy groups -OCH3 is 1. The molecule has 27 heavy (non-hydrogen) atoms. The number of hydrogen-bond donors (Lipinski definition) is 2. The molecule has 3 N–H and O–H groups in total. The summed E-state index contributed by atoms with van der Waals surface area (Å²) in [6.07, 6.45) is 0. The molecule has 8 nitrogen and oxygen atoms in total. The van der Waals surface area contributed by atoms with Crippen molar-refractivity contribution in [1.29, 1.82) is 0 Å². The molecule has 2 amide bonds. The number of nitrogens with one attached hydrogen (secondary N) is 1. The Morgan fingerprint density at radius 3 is 2.56 bits per heavy atom. The zero-order chi connectivity index (χ0) is 20.2. The van der Waals surface area contributed by atoms with Crippen LogP contribution in [-0.4, -0.2) is 45.8 Å². The Labute approximate surface area is 161 Å². The number of nitrogens with zero attached hydrogens (tertiary/aromatic N) is 1. The van der Waals surface area contributed by atoms with Gasteiger partial charge in [-0.1, -0.05) is 17.7 Å². The maximum Gasteiger partial charge on any atom is 0.254 e. The summed E-state index contributed by atoms with van der Waals surface area (Å²) in [4.78, 5) is 25.7. The first-order valence-corrected chi connectivity index (χ1v) is 9.56. The van der Waals surface area contributed by atoms with Crippen molar-refractivity contribution < 1.29 is 22.7 Å². The highest BCUT2D eigenvalue weighted by Gasteiger charge is 2.18. The lowest BCUT2D eigenvalue weighted by Crippen LogP contribution is -2.35. The molecular weight excluding hydrogens is 394 g/mol. The van der Waals surface area contributed by atoms with Gasteiger partial charge >= 0.3 is 0 Å². The fourth-order valence-corrected chi connectivity index (χ4v) is 3.01. The second kappa shape index (κ2) is 8.38. The van der Waals surface area contributed by atoms with Crippen molar-refractivity contribution in [2.75, 3.05) is 26.0 Å². The molecule has 0 aromatic heterocycles. The maximum atomic E-state index is 12.5. The van der Waals surface area contributed by atoms with Crippen LogP contribution in [0.3, 0.4) is 0 Å². The molecule has 0 unspecified atom stereocenters. The SMILES string of the molecule is COc1ccc(Cl)cc1NC(=O)CN(C)C(=O)c1cccc(S(N)(=O)=O)c1. The molecule has 144 valence electrons. The van der Waals surface area contributed by atoms with Gasteiger partial charge in [0.15, 0.2) is 0 Å². The van der Waals surface area contributed by atoms with Crippen molar-refractivity contribution >= 4 is 39.1 Å². The summed E-state index contributed by atoms with van der Waals surface area (Å²) >= 11 is 5.91. The average Bonchev–Trinajstić information content (AvgIpc) is 2.60. The van der Waals surface area contributed by atoms with E-state index in [0.29, 0.717) is 16.5 Å². The Morgan fingerprint density at radius 1 is 1.22 bits per heavy atom. The molecule has 0 saturated heterocycles. The molecule has 0 heterocycles. The molecule has 0 atom stereocenters. The third-order valence-electron chi connectivity index (χ3n) is 3.57. The number of nitrogens with two attached hydrogens (primary N) is 1. The van der Waals surface area contributed by atoms with E-state index in [9.17, 15) is 18.0 Å². The van der Waals surface area contributed by atoms with E-state index >= 15 is 0 Å². The minimum atomic E-state index is -3.94. The van der Waals surface area contributed by atoms with Crippen molar-refractivity contribution in [3.05, 3.63) is 53.1 Å². The molecule has 2 aromatic rings. The van der Waals surface area contributed by atoms with Gasteiger partial charge in [-0.05, 0) is 36.4 Å². The number of carbonyl (C=O) groups excluding carboxylic acids is 2. The normalized spacial score (nSPS) is 11.0. The van der Waals surface area contributed by atoms with Crippen molar-refractivity contribution in [2.24, 2.45) is 5.14 Å². The topological polar surface area (TPSA) is 119 Å². The third-order valence-corrected chi connectivity index (χ3v) is 4.72. The molecule has 0 aliphatic heterocycles. The predicted molar refractivity (Wildman–Crippen MR) is 101 cm³/mol. The van der Waals surface area contributed by atoms with Crippen LogP contribution < -0.4 is 15.2 Å². The summed E-state index contributed by atoms with van der Waals surface area (Å²) in [5.41, 5.74) is 0.462. The first kappa shape index (κ1) is 20.7. The van der Waals surface area contributed by atoms with E-state index in [-0.39, 0.29) is 17.0 Å². The summed E-state index contributed by atoms with van der Waals surface area (Å²) in [6, 6.07) is 10.0. The molecule has 0 radical (unpaired) electrons. The van der Waals surface area contributed by atoms with Crippen molar-refractivity contribution in [3.63, 3.8) is 0 Å². The number of amides is 2. The maximum absolute atomic E-state index is 12.5. The highest BCUT2D eigenvalue weighted by Crippen LogP contribution is 2.27. The summed E-state index contributed by atoms with van der Waals surface area (Å²) in [5, 5.41) is 8.10. The fourth-order valence-electron chi connectivity index (χ4n) is 2.28. The van der Waals surface area contributed by atoms with Gasteiger partial charge in [-0.2, -0.15) is 0 Å². The Morgan fingerprint density at radius 2 is 1.93 bits per heavy atom. The van der Waals surface area contributed by atoms with Crippen LogP contribution in [-0.2, 0) is 14.8 Å². The van der Waals surface area contributed by atoms with Gasteiger partial charge in [0.2, 0.25) is 15.9 Å². The standard InChI is InChI=1S/C17H18ClN3O5S/c1-21(17(23)11-4-3-5-13(8-11)27(19,24)25)10-16(22)20-14-9-12(18)6-7-15(14)26-2/h3-9H,10H2,1-2H3,(H,20,22)(H2,19,24,25). The van der Waals surface area contributed by atoms with Gasteiger partial charge in [0.25, 0.3) is 5.91 Å².